The quantitative estimate of drug-likeness (QED) is 0.559. The van der Waals surface area contributed by atoms with Crippen molar-refractivity contribution < 1.29 is 22.6 Å². The lowest BCUT2D eigenvalue weighted by Crippen LogP contribution is -2.23. The maximum atomic E-state index is 12.3. The molecule has 0 amide bonds. The molecule has 26 heavy (non-hydrogen) atoms. The highest BCUT2D eigenvalue weighted by Gasteiger charge is 2.32. The molecule has 0 saturated heterocycles. The first-order chi connectivity index (χ1) is 12.4. The van der Waals surface area contributed by atoms with E-state index < -0.39 is 6.36 Å². The van der Waals surface area contributed by atoms with Crippen LogP contribution in [0.5, 0.6) is 5.75 Å². The van der Waals surface area contributed by atoms with E-state index in [2.05, 4.69) is 4.74 Å². The molecule has 2 aliphatic carbocycles. The van der Waals surface area contributed by atoms with Gasteiger partial charge in [0.1, 0.15) is 5.75 Å². The van der Waals surface area contributed by atoms with Gasteiger partial charge in [-0.25, -0.2) is 0 Å². The Labute approximate surface area is 153 Å². The number of halogens is 3. The zero-order valence-corrected chi connectivity index (χ0v) is 15.2. The van der Waals surface area contributed by atoms with Crippen LogP contribution in [0.25, 0.3) is 0 Å². The van der Waals surface area contributed by atoms with Crippen molar-refractivity contribution >= 4 is 0 Å². The fraction of sp³-hybridized carbons (Fsp3) is 0.619. The van der Waals surface area contributed by atoms with E-state index in [1.807, 2.05) is 6.26 Å². The number of hydrogen-bond acceptors (Lipinski definition) is 2. The summed E-state index contributed by atoms with van der Waals surface area (Å²) in [5, 5.41) is 0. The molecule has 2 fully saturated rings. The minimum Gasteiger partial charge on any atom is -0.504 e. The summed E-state index contributed by atoms with van der Waals surface area (Å²) in [6.07, 6.45) is 6.79. The Hall–Kier alpha value is -1.65. The number of rotatable bonds is 4. The Morgan fingerprint density at radius 2 is 1.46 bits per heavy atom. The smallest absolute Gasteiger partial charge is 0.504 e. The van der Waals surface area contributed by atoms with Gasteiger partial charge >= 0.3 is 6.36 Å². The van der Waals surface area contributed by atoms with E-state index in [0.717, 1.165) is 43.1 Å². The molecule has 0 heterocycles. The molecule has 1 aromatic carbocycles. The monoisotopic (exact) mass is 368 g/mol. The van der Waals surface area contributed by atoms with E-state index in [1.165, 1.54) is 43.4 Å². The van der Waals surface area contributed by atoms with Gasteiger partial charge in [-0.3, -0.25) is 0 Å². The lowest BCUT2D eigenvalue weighted by atomic mass is 9.69. The maximum Gasteiger partial charge on any atom is 0.573 e. The van der Waals surface area contributed by atoms with Crippen molar-refractivity contribution in [2.24, 2.45) is 11.8 Å². The summed E-state index contributed by atoms with van der Waals surface area (Å²) >= 11 is 0. The first-order valence-corrected chi connectivity index (χ1v) is 9.51. The summed E-state index contributed by atoms with van der Waals surface area (Å²) in [6.45, 7) is 0. The molecule has 2 aliphatic rings. The molecule has 0 aromatic heterocycles. The molecule has 2 saturated carbocycles. The Morgan fingerprint density at radius 1 is 0.885 bits per heavy atom. The summed E-state index contributed by atoms with van der Waals surface area (Å²) in [6, 6.07) is 6.43. The molecule has 0 N–H and O–H groups in total. The Morgan fingerprint density at radius 3 is 2.00 bits per heavy atom. The number of alkyl halides is 3. The van der Waals surface area contributed by atoms with E-state index in [4.69, 9.17) is 4.74 Å². The predicted molar refractivity (Wildman–Crippen MR) is 94.9 cm³/mol. The number of allylic oxidation sites excluding steroid dienone is 1. The van der Waals surface area contributed by atoms with Crippen molar-refractivity contribution in [2.75, 3.05) is 7.11 Å². The summed E-state index contributed by atoms with van der Waals surface area (Å²) in [4.78, 5) is 0. The van der Waals surface area contributed by atoms with Gasteiger partial charge in [0.25, 0.3) is 0 Å². The van der Waals surface area contributed by atoms with Gasteiger partial charge < -0.3 is 9.47 Å². The zero-order chi connectivity index (χ0) is 18.6. The number of methoxy groups -OCH3 is 1. The van der Waals surface area contributed by atoms with Crippen LogP contribution in [0.2, 0.25) is 0 Å². The highest BCUT2D eigenvalue weighted by Crippen LogP contribution is 2.44. The average molecular weight is 368 g/mol. The molecule has 0 atom stereocenters. The predicted octanol–water partition coefficient (Wildman–Crippen LogP) is 6.58. The molecule has 0 aliphatic heterocycles. The Bertz CT molecular complexity index is 589. The second kappa shape index (κ2) is 8.36. The van der Waals surface area contributed by atoms with Crippen LogP contribution in [0.4, 0.5) is 13.2 Å². The first kappa shape index (κ1) is 19.1. The van der Waals surface area contributed by atoms with Crippen LogP contribution < -0.4 is 4.74 Å². The van der Waals surface area contributed by atoms with Crippen LogP contribution >= 0.6 is 0 Å². The molecule has 1 aromatic rings. The fourth-order valence-corrected chi connectivity index (χ4v) is 4.63. The van der Waals surface area contributed by atoms with Crippen molar-refractivity contribution in [3.63, 3.8) is 0 Å². The minimum absolute atomic E-state index is 0.142. The molecule has 0 unspecified atom stereocenters. The first-order valence-electron chi connectivity index (χ1n) is 9.51. The van der Waals surface area contributed by atoms with Gasteiger partial charge in [-0.1, -0.05) is 12.1 Å². The van der Waals surface area contributed by atoms with E-state index in [9.17, 15) is 13.2 Å². The van der Waals surface area contributed by atoms with Crippen molar-refractivity contribution in [3.8, 4) is 5.75 Å². The van der Waals surface area contributed by atoms with Crippen LogP contribution in [0, 0.1) is 11.8 Å². The van der Waals surface area contributed by atoms with Crippen LogP contribution in [0.15, 0.2) is 36.1 Å². The van der Waals surface area contributed by atoms with Crippen molar-refractivity contribution in [3.05, 3.63) is 41.7 Å². The third-order valence-corrected chi connectivity index (χ3v) is 5.98. The third kappa shape index (κ3) is 5.18. The van der Waals surface area contributed by atoms with Crippen LogP contribution in [0.3, 0.4) is 0 Å². The molecular weight excluding hydrogens is 341 g/mol. The van der Waals surface area contributed by atoms with Crippen molar-refractivity contribution in [2.45, 2.75) is 63.6 Å². The van der Waals surface area contributed by atoms with Gasteiger partial charge in [0.05, 0.1) is 13.4 Å². The van der Waals surface area contributed by atoms with E-state index in [0.29, 0.717) is 5.92 Å². The van der Waals surface area contributed by atoms with Gasteiger partial charge in [-0.2, -0.15) is 0 Å². The van der Waals surface area contributed by atoms with Crippen LogP contribution in [-0.2, 0) is 4.74 Å². The molecule has 5 heteroatoms. The molecule has 144 valence electrons. The molecule has 2 nitrogen and oxygen atoms in total. The highest BCUT2D eigenvalue weighted by atomic mass is 19.4. The summed E-state index contributed by atoms with van der Waals surface area (Å²) in [7, 11) is 1.71. The second-order valence-electron chi connectivity index (χ2n) is 7.58. The number of ether oxygens (including phenoxy) is 2. The number of hydrogen-bond donors (Lipinski definition) is 0. The highest BCUT2D eigenvalue weighted by molar-refractivity contribution is 5.29. The molecule has 0 bridgehead atoms. The maximum absolute atomic E-state index is 12.3. The minimum atomic E-state index is -4.63. The molecule has 0 radical (unpaired) electrons. The van der Waals surface area contributed by atoms with Crippen molar-refractivity contribution in [1.29, 1.82) is 0 Å². The third-order valence-electron chi connectivity index (χ3n) is 5.98. The van der Waals surface area contributed by atoms with Gasteiger partial charge in [-0.05, 0) is 92.4 Å². The van der Waals surface area contributed by atoms with E-state index in [-0.39, 0.29) is 5.75 Å². The van der Waals surface area contributed by atoms with Gasteiger partial charge in [0.15, 0.2) is 0 Å². The van der Waals surface area contributed by atoms with Gasteiger partial charge in [0.2, 0.25) is 0 Å². The topological polar surface area (TPSA) is 18.5 Å². The summed E-state index contributed by atoms with van der Waals surface area (Å²) < 4.78 is 45.8. The SMILES string of the molecule is COC=C1CCC(C2CCC(c3ccc(OC(F)(F)F)cc3)CC2)CC1. The fourth-order valence-electron chi connectivity index (χ4n) is 4.63. The Kier molecular flexibility index (Phi) is 6.15. The number of benzene rings is 1. The van der Waals surface area contributed by atoms with E-state index in [1.54, 1.807) is 19.2 Å². The summed E-state index contributed by atoms with van der Waals surface area (Å²) in [5.74, 6) is 1.92. The normalized spacial score (nSPS) is 27.1. The lowest BCUT2D eigenvalue weighted by Gasteiger charge is -2.36. The van der Waals surface area contributed by atoms with Crippen LogP contribution in [-0.4, -0.2) is 13.5 Å². The Balaban J connectivity index is 1.49. The molecule has 3 rings (SSSR count). The second-order valence-corrected chi connectivity index (χ2v) is 7.58. The van der Waals surface area contributed by atoms with Crippen LogP contribution in [0.1, 0.15) is 62.8 Å². The van der Waals surface area contributed by atoms with Gasteiger partial charge in [0, 0.05) is 0 Å². The van der Waals surface area contributed by atoms with Crippen molar-refractivity contribution in [1.82, 2.24) is 0 Å². The average Bonchev–Trinajstić information content (AvgIpc) is 2.62. The zero-order valence-electron chi connectivity index (χ0n) is 15.2. The summed E-state index contributed by atoms with van der Waals surface area (Å²) in [5.41, 5.74) is 2.56. The standard InChI is InChI=1S/C21H27F3O2/c1-25-14-15-2-4-16(5-3-15)17-6-8-18(9-7-17)19-10-12-20(13-11-19)26-21(22,23)24/h10-14,16-18H,2-9H2,1H3. The largest absolute Gasteiger partial charge is 0.573 e. The molecule has 0 spiro atoms. The molecular formula is C21H27F3O2. The van der Waals surface area contributed by atoms with E-state index >= 15 is 0 Å². The lowest BCUT2D eigenvalue weighted by molar-refractivity contribution is -0.274. The van der Waals surface area contributed by atoms with Gasteiger partial charge in [-0.15, -0.1) is 13.2 Å².